The van der Waals surface area contributed by atoms with Crippen molar-refractivity contribution in [3.8, 4) is 0 Å². The van der Waals surface area contributed by atoms with Crippen LogP contribution in [0.25, 0.3) is 0 Å². The molecule has 131 valence electrons. The fourth-order valence-electron chi connectivity index (χ4n) is 3.23. The molecule has 0 atom stereocenters. The van der Waals surface area contributed by atoms with Gasteiger partial charge in [0, 0.05) is 9.52 Å². The normalized spacial score (nSPS) is 13.8. The average molecular weight is 460 g/mol. The molecule has 0 heterocycles. The first kappa shape index (κ1) is 26.6. The topological polar surface area (TPSA) is 0 Å². The molecule has 2 aromatic carbocycles. The van der Waals surface area contributed by atoms with Crippen LogP contribution in [-0.2, 0) is 51.9 Å². The molecular weight excluding hydrogens is 430 g/mol. The van der Waals surface area contributed by atoms with Gasteiger partial charge in [-0.1, -0.05) is 64.5 Å². The van der Waals surface area contributed by atoms with Crippen molar-refractivity contribution in [3.05, 3.63) is 58.7 Å². The summed E-state index contributed by atoms with van der Waals surface area (Å²) in [6, 6.07) is 13.4. The van der Waals surface area contributed by atoms with Gasteiger partial charge in [-0.2, -0.15) is 46.5 Å². The Labute approximate surface area is 182 Å². The molecule has 4 rings (SSSR count). The Kier molecular flexibility index (Phi) is 17.3. The fraction of sp³-hybridized carbons (Fsp3) is 0.500. The predicted molar refractivity (Wildman–Crippen MR) is 96.2 cm³/mol. The molecular formula is C20H29Cl2SiZr. The number of rotatable bonds is 0. The van der Waals surface area contributed by atoms with Crippen LogP contribution in [0.15, 0.2) is 36.4 Å². The number of halogens is 2. The monoisotopic (exact) mass is 457 g/mol. The molecule has 0 saturated carbocycles. The second-order valence-corrected chi connectivity index (χ2v) is 7.30. The molecule has 0 fully saturated rings. The SMILES string of the molecule is C[SiH]C.[Cl-].[Cl-].[Zr+4].c1cc2c([cH-]1)CCCC2.c1cc2c([cH-]1)CCCC2. The molecule has 0 amide bonds. The maximum Gasteiger partial charge on any atom is 4.00 e. The van der Waals surface area contributed by atoms with Gasteiger partial charge in [-0.05, 0) is 0 Å². The maximum absolute atomic E-state index is 2.26. The first-order chi connectivity index (χ1) is 10.3. The van der Waals surface area contributed by atoms with Gasteiger partial charge in [0.25, 0.3) is 0 Å². The minimum atomic E-state index is 0. The van der Waals surface area contributed by atoms with E-state index in [-0.39, 0.29) is 51.0 Å². The van der Waals surface area contributed by atoms with Gasteiger partial charge in [0.2, 0.25) is 0 Å². The molecule has 0 spiro atoms. The van der Waals surface area contributed by atoms with Crippen molar-refractivity contribution in [2.24, 2.45) is 0 Å². The minimum Gasteiger partial charge on any atom is -1.00 e. The standard InChI is InChI=1S/2C9H11.C2H7Si.2ClH.Zr/c2*1-2-5-9-7-3-6-8(9)4-1;1-3-2;;;/h2*3,6-7H,1-2,4-5H2;3H,1-2H3;2*1H;/q2*-1;;;;+4/p-2. The number of aryl methyl sites for hydroxylation is 4. The molecule has 0 bridgehead atoms. The number of fused-ring (bicyclic) bond motifs is 2. The van der Waals surface area contributed by atoms with Gasteiger partial charge in [0.05, 0.1) is 0 Å². The first-order valence-corrected chi connectivity index (χ1v) is 10.9. The van der Waals surface area contributed by atoms with Crippen LogP contribution in [0.2, 0.25) is 13.1 Å². The summed E-state index contributed by atoms with van der Waals surface area (Å²) in [6.07, 6.45) is 10.9. The third kappa shape index (κ3) is 8.65. The zero-order valence-electron chi connectivity index (χ0n) is 15.0. The second-order valence-electron chi connectivity index (χ2n) is 6.14. The van der Waals surface area contributed by atoms with Gasteiger partial charge in [-0.3, -0.25) is 0 Å². The third-order valence-corrected chi connectivity index (χ3v) is 4.30. The van der Waals surface area contributed by atoms with Gasteiger partial charge in [0.15, 0.2) is 0 Å². The summed E-state index contributed by atoms with van der Waals surface area (Å²) >= 11 is 0. The van der Waals surface area contributed by atoms with Crippen molar-refractivity contribution < 1.29 is 51.0 Å². The van der Waals surface area contributed by atoms with Crippen LogP contribution >= 0.6 is 0 Å². The zero-order valence-corrected chi connectivity index (χ0v) is 20.1. The van der Waals surface area contributed by atoms with E-state index in [0.717, 1.165) is 9.52 Å². The van der Waals surface area contributed by atoms with Crippen molar-refractivity contribution in [1.82, 2.24) is 0 Å². The molecule has 0 nitrogen and oxygen atoms in total. The Morgan fingerprint density at radius 3 is 1.38 bits per heavy atom. The Hall–Kier alpha value is 0.380. The van der Waals surface area contributed by atoms with Gasteiger partial charge in [0.1, 0.15) is 0 Å². The van der Waals surface area contributed by atoms with E-state index >= 15 is 0 Å². The van der Waals surface area contributed by atoms with Gasteiger partial charge >= 0.3 is 26.2 Å². The molecule has 2 aliphatic rings. The molecule has 0 saturated heterocycles. The molecule has 0 aromatic heterocycles. The number of hydrogen-bond donors (Lipinski definition) is 0. The summed E-state index contributed by atoms with van der Waals surface area (Å²) in [5, 5.41) is 0. The largest absolute Gasteiger partial charge is 4.00 e. The molecule has 2 aromatic rings. The van der Waals surface area contributed by atoms with E-state index in [0.29, 0.717) is 0 Å². The van der Waals surface area contributed by atoms with Crippen LogP contribution in [0.4, 0.5) is 0 Å². The van der Waals surface area contributed by atoms with Crippen LogP contribution in [0.1, 0.15) is 47.9 Å². The van der Waals surface area contributed by atoms with Crippen molar-refractivity contribution in [2.75, 3.05) is 0 Å². The predicted octanol–water partition coefficient (Wildman–Crippen LogP) is -0.907. The molecule has 1 radical (unpaired) electrons. The van der Waals surface area contributed by atoms with E-state index in [1.54, 1.807) is 22.3 Å². The maximum atomic E-state index is 2.26. The Morgan fingerprint density at radius 1 is 0.708 bits per heavy atom. The van der Waals surface area contributed by atoms with Crippen molar-refractivity contribution in [1.29, 1.82) is 0 Å². The molecule has 24 heavy (non-hydrogen) atoms. The summed E-state index contributed by atoms with van der Waals surface area (Å²) in [7, 11) is 0.750. The van der Waals surface area contributed by atoms with E-state index in [2.05, 4.69) is 49.5 Å². The summed E-state index contributed by atoms with van der Waals surface area (Å²) in [5.74, 6) is 0. The molecule has 0 unspecified atom stereocenters. The third-order valence-electron chi connectivity index (χ3n) is 4.30. The van der Waals surface area contributed by atoms with Crippen LogP contribution in [-0.4, -0.2) is 9.52 Å². The minimum absolute atomic E-state index is 0. The summed E-state index contributed by atoms with van der Waals surface area (Å²) in [6.45, 7) is 4.42. The summed E-state index contributed by atoms with van der Waals surface area (Å²) in [4.78, 5) is 0. The average Bonchev–Trinajstić information content (AvgIpc) is 3.17. The Morgan fingerprint density at radius 2 is 1.04 bits per heavy atom. The van der Waals surface area contributed by atoms with Gasteiger partial charge in [-0.25, -0.2) is 12.1 Å². The summed E-state index contributed by atoms with van der Waals surface area (Å²) in [5.41, 5.74) is 6.39. The van der Waals surface area contributed by atoms with E-state index in [4.69, 9.17) is 0 Å². The molecule has 2 aliphatic carbocycles. The molecule has 4 heteroatoms. The van der Waals surface area contributed by atoms with E-state index < -0.39 is 0 Å². The smallest absolute Gasteiger partial charge is 1.00 e. The zero-order chi connectivity index (χ0) is 14.9. The Balaban J connectivity index is 0. The first-order valence-electron chi connectivity index (χ1n) is 8.56. The number of hydrogen-bond acceptors (Lipinski definition) is 0. The van der Waals surface area contributed by atoms with E-state index in [1.165, 1.54) is 51.4 Å². The van der Waals surface area contributed by atoms with Crippen LogP contribution in [0.3, 0.4) is 0 Å². The van der Waals surface area contributed by atoms with Gasteiger partial charge < -0.3 is 24.8 Å². The fourth-order valence-corrected chi connectivity index (χ4v) is 3.23. The molecule has 0 aliphatic heterocycles. The second kappa shape index (κ2) is 15.6. The van der Waals surface area contributed by atoms with Crippen molar-refractivity contribution >= 4 is 9.52 Å². The Bertz CT molecular complexity index is 432. The van der Waals surface area contributed by atoms with Crippen molar-refractivity contribution in [2.45, 2.75) is 64.5 Å². The quantitative estimate of drug-likeness (QED) is 0.354. The van der Waals surface area contributed by atoms with Crippen LogP contribution < -0.4 is 24.8 Å². The molecule has 0 N–H and O–H groups in total. The van der Waals surface area contributed by atoms with Crippen LogP contribution in [0, 0.1) is 0 Å². The summed E-state index contributed by atoms with van der Waals surface area (Å²) < 4.78 is 0. The van der Waals surface area contributed by atoms with E-state index in [9.17, 15) is 0 Å². The van der Waals surface area contributed by atoms with E-state index in [1.807, 2.05) is 0 Å². The van der Waals surface area contributed by atoms with Crippen LogP contribution in [0.5, 0.6) is 0 Å². The van der Waals surface area contributed by atoms with Crippen molar-refractivity contribution in [3.63, 3.8) is 0 Å². The van der Waals surface area contributed by atoms with Gasteiger partial charge in [-0.15, -0.1) is 0 Å².